The third-order valence-corrected chi connectivity index (χ3v) is 8.42. The quantitative estimate of drug-likeness (QED) is 0.529. The van der Waals surface area contributed by atoms with Crippen LogP contribution in [-0.2, 0) is 12.2 Å². The Morgan fingerprint density at radius 3 is 2.31 bits per heavy atom. The Hall–Kier alpha value is -1.75. The molecule has 0 aliphatic heterocycles. The van der Waals surface area contributed by atoms with Gasteiger partial charge in [0, 0.05) is 11.3 Å². The van der Waals surface area contributed by atoms with Crippen LogP contribution >= 0.6 is 11.8 Å². The maximum atomic E-state index is 12.6. The van der Waals surface area contributed by atoms with Crippen LogP contribution in [0.25, 0.3) is 0 Å². The van der Waals surface area contributed by atoms with Gasteiger partial charge in [-0.1, -0.05) is 23.9 Å². The highest BCUT2D eigenvalue weighted by atomic mass is 32.2. The van der Waals surface area contributed by atoms with Gasteiger partial charge >= 0.3 is 0 Å². The third-order valence-electron chi connectivity index (χ3n) is 7.47. The predicted octanol–water partition coefficient (Wildman–Crippen LogP) is 5.14. The maximum Gasteiger partial charge on any atom is 0.254 e. The number of H-pyrrole nitrogens is 1. The molecule has 4 nitrogen and oxygen atoms in total. The number of ether oxygens (including phenoxy) is 1. The number of aromatic nitrogens is 2. The summed E-state index contributed by atoms with van der Waals surface area (Å²) >= 11 is 1.61. The summed E-state index contributed by atoms with van der Waals surface area (Å²) in [5.41, 5.74) is 3.47. The molecule has 4 bridgehead atoms. The molecule has 6 rings (SSSR count). The largest absolute Gasteiger partial charge is 0.497 e. The van der Waals surface area contributed by atoms with Crippen molar-refractivity contribution in [1.29, 1.82) is 0 Å². The average Bonchev–Trinajstić information content (AvgIpc) is 2.69. The molecule has 0 atom stereocenters. The van der Waals surface area contributed by atoms with Crippen molar-refractivity contribution in [3.05, 3.63) is 51.4 Å². The van der Waals surface area contributed by atoms with E-state index >= 15 is 0 Å². The van der Waals surface area contributed by atoms with Crippen molar-refractivity contribution in [1.82, 2.24) is 9.97 Å². The molecule has 2 aromatic rings. The Morgan fingerprint density at radius 1 is 1.10 bits per heavy atom. The molecule has 1 aromatic carbocycles. The number of hydrogen-bond acceptors (Lipinski definition) is 4. The van der Waals surface area contributed by atoms with Gasteiger partial charge < -0.3 is 9.72 Å². The van der Waals surface area contributed by atoms with Crippen LogP contribution in [0.1, 0.15) is 55.3 Å². The molecule has 1 N–H and O–H groups in total. The van der Waals surface area contributed by atoms with Gasteiger partial charge in [-0.25, -0.2) is 4.98 Å². The van der Waals surface area contributed by atoms with E-state index < -0.39 is 0 Å². The maximum absolute atomic E-state index is 12.6. The van der Waals surface area contributed by atoms with Crippen molar-refractivity contribution in [2.75, 3.05) is 7.11 Å². The van der Waals surface area contributed by atoms with Gasteiger partial charge in [-0.2, -0.15) is 0 Å². The summed E-state index contributed by atoms with van der Waals surface area (Å²) in [4.78, 5) is 20.5. The van der Waals surface area contributed by atoms with Crippen LogP contribution in [-0.4, -0.2) is 17.1 Å². The first-order chi connectivity index (χ1) is 14.0. The molecule has 4 aliphatic carbocycles. The van der Waals surface area contributed by atoms with Gasteiger partial charge in [0.2, 0.25) is 0 Å². The molecule has 4 aliphatic rings. The first-order valence-corrected chi connectivity index (χ1v) is 11.9. The van der Waals surface area contributed by atoms with Crippen LogP contribution in [0.5, 0.6) is 5.75 Å². The fourth-order valence-corrected chi connectivity index (χ4v) is 7.37. The van der Waals surface area contributed by atoms with E-state index in [1.165, 1.54) is 44.1 Å². The molecule has 0 amide bonds. The Bertz CT molecular complexity index is 915. The minimum atomic E-state index is 0.0250. The van der Waals surface area contributed by atoms with Crippen molar-refractivity contribution < 1.29 is 4.74 Å². The van der Waals surface area contributed by atoms with Crippen molar-refractivity contribution in [2.24, 2.45) is 23.2 Å². The first kappa shape index (κ1) is 19.2. The molecule has 29 heavy (non-hydrogen) atoms. The lowest BCUT2D eigenvalue weighted by Gasteiger charge is -2.57. The van der Waals surface area contributed by atoms with Gasteiger partial charge in [-0.15, -0.1) is 0 Å². The lowest BCUT2D eigenvalue weighted by atomic mass is 9.48. The third kappa shape index (κ3) is 3.86. The Morgan fingerprint density at radius 2 is 1.72 bits per heavy atom. The van der Waals surface area contributed by atoms with E-state index in [1.54, 1.807) is 18.9 Å². The zero-order valence-corrected chi connectivity index (χ0v) is 18.2. The molecular formula is C24H30N2O2S. The number of nitrogens with one attached hydrogen (secondary N) is 1. The van der Waals surface area contributed by atoms with E-state index in [1.807, 2.05) is 19.1 Å². The monoisotopic (exact) mass is 410 g/mol. The minimum Gasteiger partial charge on any atom is -0.497 e. The van der Waals surface area contributed by atoms with Crippen LogP contribution in [0.2, 0.25) is 0 Å². The molecule has 0 unspecified atom stereocenters. The van der Waals surface area contributed by atoms with E-state index in [-0.39, 0.29) is 5.56 Å². The number of aromatic amines is 1. The van der Waals surface area contributed by atoms with Crippen molar-refractivity contribution in [3.63, 3.8) is 0 Å². The Kier molecular flexibility index (Phi) is 4.97. The second-order valence-electron chi connectivity index (χ2n) is 9.67. The molecule has 5 heteroatoms. The Labute approximate surface area is 176 Å². The van der Waals surface area contributed by atoms with Crippen LogP contribution in [0.4, 0.5) is 0 Å². The fourth-order valence-electron chi connectivity index (χ4n) is 6.53. The summed E-state index contributed by atoms with van der Waals surface area (Å²) in [6.07, 6.45) is 9.38. The van der Waals surface area contributed by atoms with Gasteiger partial charge in [0.15, 0.2) is 5.16 Å². The number of rotatable bonds is 6. The van der Waals surface area contributed by atoms with Crippen LogP contribution < -0.4 is 10.3 Å². The summed E-state index contributed by atoms with van der Waals surface area (Å²) in [7, 11) is 1.68. The van der Waals surface area contributed by atoms with E-state index in [0.29, 0.717) is 5.41 Å². The van der Waals surface area contributed by atoms with Gasteiger partial charge in [-0.05, 0) is 92.7 Å². The molecule has 1 heterocycles. The molecular weight excluding hydrogens is 380 g/mol. The zero-order chi connectivity index (χ0) is 20.0. The summed E-state index contributed by atoms with van der Waals surface area (Å²) in [6.45, 7) is 1.94. The van der Waals surface area contributed by atoms with E-state index in [0.717, 1.165) is 52.1 Å². The van der Waals surface area contributed by atoms with Gasteiger partial charge in [0.1, 0.15) is 5.75 Å². The van der Waals surface area contributed by atoms with Crippen LogP contribution in [0, 0.1) is 30.1 Å². The van der Waals surface area contributed by atoms with Gasteiger partial charge in [-0.3, -0.25) is 4.79 Å². The average molecular weight is 411 g/mol. The lowest BCUT2D eigenvalue weighted by molar-refractivity contribution is -0.0528. The van der Waals surface area contributed by atoms with E-state index in [9.17, 15) is 4.79 Å². The van der Waals surface area contributed by atoms with Crippen molar-refractivity contribution in [3.8, 4) is 5.75 Å². The smallest absolute Gasteiger partial charge is 0.254 e. The van der Waals surface area contributed by atoms with E-state index in [4.69, 9.17) is 9.72 Å². The number of benzene rings is 1. The molecule has 1 aromatic heterocycles. The van der Waals surface area contributed by atoms with Gasteiger partial charge in [0.25, 0.3) is 5.56 Å². The summed E-state index contributed by atoms with van der Waals surface area (Å²) < 4.78 is 5.23. The topological polar surface area (TPSA) is 55.0 Å². The lowest BCUT2D eigenvalue weighted by Crippen LogP contribution is -2.47. The van der Waals surface area contributed by atoms with E-state index in [2.05, 4.69) is 17.1 Å². The zero-order valence-electron chi connectivity index (χ0n) is 17.4. The highest BCUT2D eigenvalue weighted by Crippen LogP contribution is 2.61. The number of nitrogens with zero attached hydrogens (tertiary/aromatic N) is 1. The number of thioether (sulfide) groups is 1. The van der Waals surface area contributed by atoms with Crippen molar-refractivity contribution >= 4 is 11.8 Å². The van der Waals surface area contributed by atoms with Crippen LogP contribution in [0.3, 0.4) is 0 Å². The molecule has 154 valence electrons. The normalized spacial score (nSPS) is 29.9. The first-order valence-electron chi connectivity index (χ1n) is 10.9. The SMILES string of the molecule is COc1ccc(CSc2nc(CC34CC5CC(CC(C5)C3)C4)c(C)c(=O)[nH]2)cc1. The molecule has 0 spiro atoms. The molecule has 0 radical (unpaired) electrons. The number of hydrogen-bond donors (Lipinski definition) is 1. The fraction of sp³-hybridized carbons (Fsp3) is 0.583. The molecule has 4 fully saturated rings. The Balaban J connectivity index is 1.34. The number of methoxy groups -OCH3 is 1. The molecule has 4 saturated carbocycles. The summed E-state index contributed by atoms with van der Waals surface area (Å²) in [5.74, 6) is 4.41. The second-order valence-corrected chi connectivity index (χ2v) is 10.6. The minimum absolute atomic E-state index is 0.0250. The highest BCUT2D eigenvalue weighted by molar-refractivity contribution is 7.98. The summed E-state index contributed by atoms with van der Waals surface area (Å²) in [5, 5.41) is 0.746. The predicted molar refractivity (Wildman–Crippen MR) is 116 cm³/mol. The second kappa shape index (κ2) is 7.50. The van der Waals surface area contributed by atoms with Crippen LogP contribution in [0.15, 0.2) is 34.2 Å². The molecule has 0 saturated heterocycles. The summed E-state index contributed by atoms with van der Waals surface area (Å²) in [6, 6.07) is 8.07. The van der Waals surface area contributed by atoms with Gasteiger partial charge in [0.05, 0.1) is 12.8 Å². The highest BCUT2D eigenvalue weighted by Gasteiger charge is 2.51. The standard InChI is InChI=1S/C24H30N2O2S/c1-15-21(13-24-10-17-7-18(11-24)9-19(8-17)12-24)25-23(26-22(15)27)29-14-16-3-5-20(28-2)6-4-16/h3-6,17-19H,7-14H2,1-2H3,(H,25,26,27). The van der Waals surface area contributed by atoms with Crippen molar-refractivity contribution in [2.45, 2.75) is 62.8 Å².